The van der Waals surface area contributed by atoms with Gasteiger partial charge in [-0.15, -0.1) is 0 Å². The highest BCUT2D eigenvalue weighted by Crippen LogP contribution is 2.26. The number of hydrogen-bond donors (Lipinski definition) is 2. The van der Waals surface area contributed by atoms with Gasteiger partial charge < -0.3 is 15.3 Å². The lowest BCUT2D eigenvalue weighted by Crippen LogP contribution is -2.37. The van der Waals surface area contributed by atoms with E-state index in [0.29, 0.717) is 25.1 Å². The fourth-order valence-corrected chi connectivity index (χ4v) is 4.01. The van der Waals surface area contributed by atoms with Crippen molar-refractivity contribution in [1.29, 1.82) is 0 Å². The number of amides is 2. The van der Waals surface area contributed by atoms with Gasteiger partial charge in [-0.1, -0.05) is 25.0 Å². The lowest BCUT2D eigenvalue weighted by atomic mass is 10.0. The van der Waals surface area contributed by atoms with Crippen LogP contribution in [0.4, 0.5) is 0 Å². The van der Waals surface area contributed by atoms with Gasteiger partial charge in [-0.25, -0.2) is 0 Å². The molecule has 1 aliphatic heterocycles. The van der Waals surface area contributed by atoms with Crippen molar-refractivity contribution < 1.29 is 19.5 Å². The zero-order valence-electron chi connectivity index (χ0n) is 15.1. The summed E-state index contributed by atoms with van der Waals surface area (Å²) in [6, 6.07) is 6.89. The Morgan fingerprint density at radius 1 is 1.12 bits per heavy atom. The second kappa shape index (κ2) is 7.89. The summed E-state index contributed by atoms with van der Waals surface area (Å²) in [5.41, 5.74) is 1.50. The molecule has 2 fully saturated rings. The number of carboxylic acids is 1. The number of aliphatic carboxylic acids is 1. The molecule has 26 heavy (non-hydrogen) atoms. The summed E-state index contributed by atoms with van der Waals surface area (Å²) >= 11 is 0. The van der Waals surface area contributed by atoms with Crippen molar-refractivity contribution >= 4 is 17.8 Å². The Morgan fingerprint density at radius 3 is 2.35 bits per heavy atom. The largest absolute Gasteiger partial charge is 0.481 e. The van der Waals surface area contributed by atoms with Crippen LogP contribution in [0.15, 0.2) is 24.3 Å². The maximum absolute atomic E-state index is 12.6. The van der Waals surface area contributed by atoms with Crippen LogP contribution in [-0.4, -0.2) is 40.4 Å². The molecule has 1 saturated carbocycles. The van der Waals surface area contributed by atoms with Crippen LogP contribution in [-0.2, 0) is 16.1 Å². The van der Waals surface area contributed by atoms with E-state index in [1.54, 1.807) is 24.0 Å². The van der Waals surface area contributed by atoms with Crippen molar-refractivity contribution in [2.75, 3.05) is 6.54 Å². The topological polar surface area (TPSA) is 86.7 Å². The van der Waals surface area contributed by atoms with Crippen molar-refractivity contribution in [1.82, 2.24) is 10.2 Å². The summed E-state index contributed by atoms with van der Waals surface area (Å²) in [5.74, 6) is -1.21. The molecule has 0 bridgehead atoms. The molecule has 1 aliphatic carbocycles. The first-order valence-corrected chi connectivity index (χ1v) is 9.38. The van der Waals surface area contributed by atoms with Gasteiger partial charge in [-0.2, -0.15) is 0 Å². The molecule has 2 amide bonds. The highest BCUT2D eigenvalue weighted by molar-refractivity contribution is 5.95. The first-order chi connectivity index (χ1) is 12.5. The number of nitrogens with zero attached hydrogens (tertiary/aromatic N) is 1. The van der Waals surface area contributed by atoms with E-state index < -0.39 is 11.9 Å². The average Bonchev–Trinajstić information content (AvgIpc) is 3.29. The Morgan fingerprint density at radius 2 is 1.77 bits per heavy atom. The van der Waals surface area contributed by atoms with Crippen LogP contribution in [0.25, 0.3) is 0 Å². The van der Waals surface area contributed by atoms with Gasteiger partial charge in [-0.05, 0) is 43.9 Å². The number of carboxylic acid groups (broad SMARTS) is 1. The molecule has 3 rings (SSSR count). The first kappa shape index (κ1) is 18.4. The van der Waals surface area contributed by atoms with E-state index in [-0.39, 0.29) is 23.8 Å². The number of benzene rings is 1. The van der Waals surface area contributed by atoms with E-state index in [2.05, 4.69) is 5.32 Å². The molecule has 6 nitrogen and oxygen atoms in total. The summed E-state index contributed by atoms with van der Waals surface area (Å²) < 4.78 is 0. The monoisotopic (exact) mass is 358 g/mol. The molecule has 140 valence electrons. The van der Waals surface area contributed by atoms with Crippen molar-refractivity contribution in [3.8, 4) is 0 Å². The smallest absolute Gasteiger partial charge is 0.308 e. The zero-order valence-corrected chi connectivity index (χ0v) is 15.1. The summed E-state index contributed by atoms with van der Waals surface area (Å²) in [4.78, 5) is 37.6. The van der Waals surface area contributed by atoms with Crippen molar-refractivity contribution in [2.45, 2.75) is 51.6 Å². The molecule has 2 N–H and O–H groups in total. The van der Waals surface area contributed by atoms with Crippen LogP contribution < -0.4 is 5.32 Å². The Labute approximate surface area is 153 Å². The molecule has 2 aliphatic rings. The van der Waals surface area contributed by atoms with Gasteiger partial charge in [0.2, 0.25) is 5.91 Å². The second-order valence-electron chi connectivity index (χ2n) is 7.37. The lowest BCUT2D eigenvalue weighted by molar-refractivity contribution is -0.142. The van der Waals surface area contributed by atoms with E-state index in [1.807, 2.05) is 12.1 Å². The van der Waals surface area contributed by atoms with Gasteiger partial charge in [0.25, 0.3) is 5.91 Å². The first-order valence-electron chi connectivity index (χ1n) is 9.38. The Kier molecular flexibility index (Phi) is 5.59. The van der Waals surface area contributed by atoms with E-state index in [1.165, 1.54) is 0 Å². The fraction of sp³-hybridized carbons (Fsp3) is 0.550. The van der Waals surface area contributed by atoms with Gasteiger partial charge in [0.1, 0.15) is 0 Å². The number of carbonyl (C=O) groups is 3. The van der Waals surface area contributed by atoms with Crippen molar-refractivity contribution in [2.24, 2.45) is 11.8 Å². The van der Waals surface area contributed by atoms with Gasteiger partial charge >= 0.3 is 5.97 Å². The fourth-order valence-electron chi connectivity index (χ4n) is 4.01. The van der Waals surface area contributed by atoms with Gasteiger partial charge in [0.05, 0.1) is 5.92 Å². The molecule has 0 aromatic heterocycles. The maximum Gasteiger partial charge on any atom is 0.308 e. The van der Waals surface area contributed by atoms with Crippen molar-refractivity contribution in [3.05, 3.63) is 35.4 Å². The number of nitrogens with one attached hydrogen (secondary N) is 1. The van der Waals surface area contributed by atoms with Gasteiger partial charge in [-0.3, -0.25) is 14.4 Å². The third-order valence-electron chi connectivity index (χ3n) is 5.73. The molecular weight excluding hydrogens is 332 g/mol. The van der Waals surface area contributed by atoms with E-state index in [0.717, 1.165) is 31.2 Å². The maximum atomic E-state index is 12.6. The summed E-state index contributed by atoms with van der Waals surface area (Å²) in [6.07, 6.45) is 4.71. The average molecular weight is 358 g/mol. The third-order valence-corrected chi connectivity index (χ3v) is 5.73. The highest BCUT2D eigenvalue weighted by Gasteiger charge is 2.38. The molecule has 1 heterocycles. The molecule has 0 radical (unpaired) electrons. The molecule has 2 atom stereocenters. The van der Waals surface area contributed by atoms with Crippen LogP contribution in [0.3, 0.4) is 0 Å². The number of hydrogen-bond acceptors (Lipinski definition) is 3. The molecule has 1 saturated heterocycles. The second-order valence-corrected chi connectivity index (χ2v) is 7.37. The lowest BCUT2D eigenvalue weighted by Gasteiger charge is -2.23. The highest BCUT2D eigenvalue weighted by atomic mass is 16.4. The predicted molar refractivity (Wildman–Crippen MR) is 96.5 cm³/mol. The van der Waals surface area contributed by atoms with Gasteiger partial charge in [0, 0.05) is 30.6 Å². The normalized spacial score (nSPS) is 23.2. The minimum Gasteiger partial charge on any atom is -0.481 e. The van der Waals surface area contributed by atoms with E-state index >= 15 is 0 Å². The minimum absolute atomic E-state index is 0.119. The van der Waals surface area contributed by atoms with Crippen LogP contribution >= 0.6 is 0 Å². The summed E-state index contributed by atoms with van der Waals surface area (Å²) in [5, 5.41) is 12.2. The van der Waals surface area contributed by atoms with Crippen LogP contribution in [0.2, 0.25) is 0 Å². The number of rotatable bonds is 5. The number of likely N-dealkylation sites (tertiary alicyclic amines) is 1. The zero-order chi connectivity index (χ0) is 18.7. The Hall–Kier alpha value is -2.37. The predicted octanol–water partition coefficient (Wildman–Crippen LogP) is 2.43. The van der Waals surface area contributed by atoms with Crippen LogP contribution in [0.1, 0.15) is 54.9 Å². The molecule has 1 aromatic rings. The Balaban J connectivity index is 1.56. The minimum atomic E-state index is -0.846. The third kappa shape index (κ3) is 3.89. The van der Waals surface area contributed by atoms with Crippen LogP contribution in [0, 0.1) is 11.8 Å². The quantitative estimate of drug-likeness (QED) is 0.846. The van der Waals surface area contributed by atoms with Crippen molar-refractivity contribution in [3.63, 3.8) is 0 Å². The van der Waals surface area contributed by atoms with Gasteiger partial charge in [0.15, 0.2) is 0 Å². The number of carbonyl (C=O) groups excluding carboxylic acids is 2. The van der Waals surface area contributed by atoms with E-state index in [9.17, 15) is 19.5 Å². The summed E-state index contributed by atoms with van der Waals surface area (Å²) in [7, 11) is 0. The molecule has 0 spiro atoms. The molecule has 6 heteroatoms. The molecule has 1 aromatic carbocycles. The summed E-state index contributed by atoms with van der Waals surface area (Å²) in [6.45, 7) is 2.72. The Bertz CT molecular complexity index is 680. The molecular formula is C20H26N2O4. The SMILES string of the molecule is CC1C(C(=O)O)CCN1C(=O)c1ccc(CNC(=O)C2CCCC2)cc1. The standard InChI is InChI=1S/C20H26N2O4/c1-13-17(20(25)26)10-11-22(13)19(24)16-8-6-14(7-9-16)12-21-18(23)15-4-2-3-5-15/h6-9,13,15,17H,2-5,10-12H2,1H3,(H,21,23)(H,25,26). The molecule has 2 unspecified atom stereocenters. The van der Waals surface area contributed by atoms with Crippen LogP contribution in [0.5, 0.6) is 0 Å². The van der Waals surface area contributed by atoms with E-state index in [4.69, 9.17) is 0 Å².